The Balaban J connectivity index is 1.85. The highest BCUT2D eigenvalue weighted by atomic mass is 16.5. The zero-order valence-corrected chi connectivity index (χ0v) is 18.4. The van der Waals surface area contributed by atoms with Gasteiger partial charge in [0.1, 0.15) is 0 Å². The molecule has 0 saturated carbocycles. The molecule has 0 atom stereocenters. The number of carbonyl (C=O) groups excluding carboxylic acids is 1. The van der Waals surface area contributed by atoms with Crippen molar-refractivity contribution in [3.8, 4) is 0 Å². The molecular formula is C22H37N5O2. The maximum Gasteiger partial charge on any atom is 0.251 e. The van der Waals surface area contributed by atoms with Crippen molar-refractivity contribution in [3.63, 3.8) is 0 Å². The van der Waals surface area contributed by atoms with E-state index in [2.05, 4.69) is 32.8 Å². The van der Waals surface area contributed by atoms with Gasteiger partial charge in [-0.15, -0.1) is 0 Å². The molecule has 1 heterocycles. The molecule has 1 aliphatic heterocycles. The van der Waals surface area contributed by atoms with Crippen LogP contribution in [0.3, 0.4) is 0 Å². The van der Waals surface area contributed by atoms with Gasteiger partial charge in [-0.05, 0) is 58.4 Å². The molecule has 3 N–H and O–H groups in total. The van der Waals surface area contributed by atoms with Gasteiger partial charge in [0.25, 0.3) is 5.91 Å². The monoisotopic (exact) mass is 403 g/mol. The summed E-state index contributed by atoms with van der Waals surface area (Å²) in [6.07, 6.45) is 1.06. The van der Waals surface area contributed by atoms with Gasteiger partial charge in [0.15, 0.2) is 5.96 Å². The van der Waals surface area contributed by atoms with Crippen molar-refractivity contribution in [1.29, 1.82) is 0 Å². The third-order valence-electron chi connectivity index (χ3n) is 4.49. The number of nitrogens with one attached hydrogen (secondary N) is 3. The quantitative estimate of drug-likeness (QED) is 0.352. The Bertz CT molecular complexity index is 663. The fraction of sp³-hybridized carbons (Fsp3) is 0.636. The molecule has 0 radical (unpaired) electrons. The number of hydrogen-bond donors (Lipinski definition) is 3. The summed E-state index contributed by atoms with van der Waals surface area (Å²) in [6, 6.07) is 7.65. The summed E-state index contributed by atoms with van der Waals surface area (Å²) in [6.45, 7) is 15.0. The van der Waals surface area contributed by atoms with E-state index in [4.69, 9.17) is 4.74 Å². The van der Waals surface area contributed by atoms with Crippen LogP contribution in [0.15, 0.2) is 29.3 Å². The Morgan fingerprint density at radius 2 is 1.97 bits per heavy atom. The number of hydrogen-bond acceptors (Lipinski definition) is 4. The van der Waals surface area contributed by atoms with Gasteiger partial charge in [-0.2, -0.15) is 0 Å². The van der Waals surface area contributed by atoms with Gasteiger partial charge < -0.3 is 20.7 Å². The highest BCUT2D eigenvalue weighted by Crippen LogP contribution is 2.09. The van der Waals surface area contributed by atoms with Crippen molar-refractivity contribution < 1.29 is 9.53 Å². The third kappa shape index (κ3) is 9.28. The zero-order valence-electron chi connectivity index (χ0n) is 18.4. The summed E-state index contributed by atoms with van der Waals surface area (Å²) in [5, 5.41) is 9.68. The van der Waals surface area contributed by atoms with Gasteiger partial charge in [0.05, 0.1) is 19.8 Å². The summed E-state index contributed by atoms with van der Waals surface area (Å²) >= 11 is 0. The van der Waals surface area contributed by atoms with Gasteiger partial charge in [-0.25, -0.2) is 4.99 Å². The van der Waals surface area contributed by atoms with E-state index < -0.39 is 0 Å². The van der Waals surface area contributed by atoms with E-state index in [9.17, 15) is 4.79 Å². The minimum Gasteiger partial charge on any atom is -0.379 e. The maximum atomic E-state index is 12.4. The molecule has 0 aromatic heterocycles. The molecule has 1 saturated heterocycles. The fourth-order valence-corrected chi connectivity index (χ4v) is 3.07. The molecule has 7 nitrogen and oxygen atoms in total. The van der Waals surface area contributed by atoms with E-state index in [1.54, 1.807) is 0 Å². The average molecular weight is 404 g/mol. The lowest BCUT2D eigenvalue weighted by molar-refractivity contribution is 0.0376. The second-order valence-corrected chi connectivity index (χ2v) is 8.33. The number of amides is 1. The van der Waals surface area contributed by atoms with Gasteiger partial charge in [0, 0.05) is 37.3 Å². The molecule has 0 spiro atoms. The number of ether oxygens (including phenoxy) is 1. The first-order valence-corrected chi connectivity index (χ1v) is 10.6. The highest BCUT2D eigenvalue weighted by molar-refractivity contribution is 5.94. The van der Waals surface area contributed by atoms with Crippen LogP contribution in [0.4, 0.5) is 0 Å². The van der Waals surface area contributed by atoms with E-state index in [0.29, 0.717) is 12.1 Å². The van der Waals surface area contributed by atoms with Crippen LogP contribution < -0.4 is 16.0 Å². The smallest absolute Gasteiger partial charge is 0.251 e. The number of aliphatic imine (C=N–C) groups is 1. The van der Waals surface area contributed by atoms with Crippen molar-refractivity contribution in [2.45, 2.75) is 46.2 Å². The number of rotatable bonds is 8. The summed E-state index contributed by atoms with van der Waals surface area (Å²) in [5.41, 5.74) is 1.42. The maximum absolute atomic E-state index is 12.4. The van der Waals surface area contributed by atoms with Crippen molar-refractivity contribution in [1.82, 2.24) is 20.9 Å². The fourth-order valence-electron chi connectivity index (χ4n) is 3.07. The number of nitrogens with zero attached hydrogens (tertiary/aromatic N) is 2. The van der Waals surface area contributed by atoms with Gasteiger partial charge in [-0.1, -0.05) is 12.1 Å². The average Bonchev–Trinajstić information content (AvgIpc) is 2.69. The Hall–Kier alpha value is -2.12. The summed E-state index contributed by atoms with van der Waals surface area (Å²) in [5.74, 6) is 0.746. The van der Waals surface area contributed by atoms with Crippen molar-refractivity contribution in [3.05, 3.63) is 35.4 Å². The molecule has 0 unspecified atom stereocenters. The van der Waals surface area contributed by atoms with E-state index in [1.165, 1.54) is 0 Å². The zero-order chi connectivity index (χ0) is 21.1. The number of carbonyl (C=O) groups is 1. The summed E-state index contributed by atoms with van der Waals surface area (Å²) in [4.78, 5) is 19.5. The first kappa shape index (κ1) is 23.2. The molecule has 1 aromatic rings. The number of morpholine rings is 1. The highest BCUT2D eigenvalue weighted by Gasteiger charge is 2.15. The van der Waals surface area contributed by atoms with Crippen LogP contribution in [0.25, 0.3) is 0 Å². The van der Waals surface area contributed by atoms with Crippen LogP contribution in [0.5, 0.6) is 0 Å². The van der Waals surface area contributed by atoms with Gasteiger partial charge >= 0.3 is 0 Å². The molecular weight excluding hydrogens is 366 g/mol. The normalized spacial score (nSPS) is 15.8. The van der Waals surface area contributed by atoms with Crippen LogP contribution in [0, 0.1) is 0 Å². The first-order chi connectivity index (χ1) is 13.9. The third-order valence-corrected chi connectivity index (χ3v) is 4.49. The molecule has 1 aromatic carbocycles. The van der Waals surface area contributed by atoms with Crippen LogP contribution in [-0.2, 0) is 11.3 Å². The van der Waals surface area contributed by atoms with Crippen LogP contribution >= 0.6 is 0 Å². The molecule has 0 aliphatic carbocycles. The summed E-state index contributed by atoms with van der Waals surface area (Å²) in [7, 11) is 0. The molecule has 1 fully saturated rings. The van der Waals surface area contributed by atoms with E-state index in [-0.39, 0.29) is 11.4 Å². The van der Waals surface area contributed by atoms with E-state index in [0.717, 1.165) is 63.9 Å². The van der Waals surface area contributed by atoms with Gasteiger partial charge in [-0.3, -0.25) is 9.69 Å². The standard InChI is InChI=1S/C22H37N5O2/c1-5-23-21(24-10-7-11-27-12-14-29-15-13-27)25-17-18-8-6-9-19(16-18)20(28)26-22(2,3)4/h6,8-9,16H,5,7,10-15,17H2,1-4H3,(H,26,28)(H2,23,24,25). The molecule has 1 aliphatic rings. The van der Waals surface area contributed by atoms with Crippen LogP contribution in [-0.4, -0.2) is 68.2 Å². The molecule has 7 heteroatoms. The Labute approximate surface area is 175 Å². The van der Waals surface area contributed by atoms with Crippen molar-refractivity contribution in [2.75, 3.05) is 45.9 Å². The van der Waals surface area contributed by atoms with Gasteiger partial charge in [0.2, 0.25) is 0 Å². The molecule has 1 amide bonds. The molecule has 2 rings (SSSR count). The van der Waals surface area contributed by atoms with E-state index >= 15 is 0 Å². The topological polar surface area (TPSA) is 78.0 Å². The number of benzene rings is 1. The van der Waals surface area contributed by atoms with Crippen LogP contribution in [0.2, 0.25) is 0 Å². The molecule has 162 valence electrons. The minimum absolute atomic E-state index is 0.0588. The lowest BCUT2D eigenvalue weighted by atomic mass is 10.1. The Morgan fingerprint density at radius 1 is 1.21 bits per heavy atom. The second kappa shape index (κ2) is 11.8. The summed E-state index contributed by atoms with van der Waals surface area (Å²) < 4.78 is 5.39. The van der Waals surface area contributed by atoms with Crippen molar-refractivity contribution >= 4 is 11.9 Å². The lowest BCUT2D eigenvalue weighted by Crippen LogP contribution is -2.40. The largest absolute Gasteiger partial charge is 0.379 e. The number of guanidine groups is 1. The first-order valence-electron chi connectivity index (χ1n) is 10.6. The van der Waals surface area contributed by atoms with Crippen molar-refractivity contribution in [2.24, 2.45) is 4.99 Å². The lowest BCUT2D eigenvalue weighted by Gasteiger charge is -2.26. The predicted molar refractivity (Wildman–Crippen MR) is 118 cm³/mol. The SMILES string of the molecule is CCNC(=NCc1cccc(C(=O)NC(C)(C)C)c1)NCCCN1CCOCC1. The van der Waals surface area contributed by atoms with Crippen LogP contribution in [0.1, 0.15) is 50.0 Å². The second-order valence-electron chi connectivity index (χ2n) is 8.33. The Morgan fingerprint density at radius 3 is 2.66 bits per heavy atom. The minimum atomic E-state index is -0.255. The predicted octanol–water partition coefficient (Wildman–Crippen LogP) is 1.99. The Kier molecular flexibility index (Phi) is 9.41. The van der Waals surface area contributed by atoms with E-state index in [1.807, 2.05) is 45.0 Å². The molecule has 0 bridgehead atoms. The molecule has 29 heavy (non-hydrogen) atoms.